The fourth-order valence-corrected chi connectivity index (χ4v) is 4.81. The molecule has 1 aliphatic rings. The zero-order valence-corrected chi connectivity index (χ0v) is 18.5. The Bertz CT molecular complexity index is 1020. The van der Waals surface area contributed by atoms with Crippen LogP contribution in [0.3, 0.4) is 0 Å². The maximum Gasteiger partial charge on any atom is 0.183 e. The van der Waals surface area contributed by atoms with Crippen molar-refractivity contribution in [2.75, 3.05) is 5.75 Å². The number of nitrogens with zero attached hydrogens (tertiary/aromatic N) is 1. The maximum atomic E-state index is 12.8. The van der Waals surface area contributed by atoms with E-state index in [-0.39, 0.29) is 17.5 Å². The van der Waals surface area contributed by atoms with E-state index in [1.807, 2.05) is 36.0 Å². The van der Waals surface area contributed by atoms with Gasteiger partial charge in [0.05, 0.1) is 14.6 Å². The first-order valence-electron chi connectivity index (χ1n) is 9.39. The second-order valence-corrected chi connectivity index (χ2v) is 9.97. The normalized spacial score (nSPS) is 16.4. The summed E-state index contributed by atoms with van der Waals surface area (Å²) in [6, 6.07) is 6.16. The molecule has 0 saturated carbocycles. The van der Waals surface area contributed by atoms with Crippen LogP contribution in [0.5, 0.6) is 0 Å². The molecule has 0 bridgehead atoms. The van der Waals surface area contributed by atoms with Gasteiger partial charge >= 0.3 is 0 Å². The number of unbranched alkanes of at least 4 members (excludes halogenated alkanes) is 1. The third-order valence-corrected chi connectivity index (χ3v) is 6.90. The Morgan fingerprint density at radius 2 is 1.93 bits per heavy atom. The highest BCUT2D eigenvalue weighted by Crippen LogP contribution is 2.32. The number of benzene rings is 1. The van der Waals surface area contributed by atoms with Gasteiger partial charge in [-0.3, -0.25) is 4.79 Å². The van der Waals surface area contributed by atoms with E-state index in [1.165, 1.54) is 5.56 Å². The summed E-state index contributed by atoms with van der Waals surface area (Å²) in [5.41, 5.74) is 5.47. The molecule has 0 fully saturated rings. The van der Waals surface area contributed by atoms with Crippen molar-refractivity contribution in [3.63, 3.8) is 0 Å². The number of rotatable bonds is 7. The highest BCUT2D eigenvalue weighted by molar-refractivity contribution is 9.10. The monoisotopic (exact) mass is 465 g/mol. The van der Waals surface area contributed by atoms with E-state index < -0.39 is 10.1 Å². The van der Waals surface area contributed by atoms with Gasteiger partial charge in [0.25, 0.3) is 0 Å². The number of Topliss-reactive ketones (excluding diaryl/α,β-unsaturated/α-hetero) is 1. The number of aromatic nitrogens is 1. The van der Waals surface area contributed by atoms with Gasteiger partial charge in [-0.1, -0.05) is 6.07 Å². The van der Waals surface area contributed by atoms with Crippen LogP contribution in [-0.2, 0) is 29.5 Å². The van der Waals surface area contributed by atoms with Crippen LogP contribution in [0.4, 0.5) is 0 Å². The maximum absolute atomic E-state index is 12.8. The molecule has 0 amide bonds. The minimum Gasteiger partial charge on any atom is -0.748 e. The standard InChI is InChI=1S/C21H24BrNO4S/c1-14-9-17-12-18(21(24)19(17)10-15(14)2)11-16-5-7-23(13-20(16)22)6-3-4-8-28(25,26)27/h5,7,9-10,13,18H,3-4,6,8,11-12H2,1-2H3. The van der Waals surface area contributed by atoms with Gasteiger partial charge in [-0.2, -0.15) is 0 Å². The average molecular weight is 466 g/mol. The molecule has 3 rings (SSSR count). The van der Waals surface area contributed by atoms with Crippen LogP contribution in [0.1, 0.15) is 45.5 Å². The van der Waals surface area contributed by atoms with Gasteiger partial charge in [-0.25, -0.2) is 13.0 Å². The van der Waals surface area contributed by atoms with Gasteiger partial charge in [0, 0.05) is 29.7 Å². The molecule has 5 nitrogen and oxygen atoms in total. The van der Waals surface area contributed by atoms with E-state index >= 15 is 0 Å². The molecule has 1 aromatic heterocycles. The predicted octanol–water partition coefficient (Wildman–Crippen LogP) is 3.28. The summed E-state index contributed by atoms with van der Waals surface area (Å²) < 4.78 is 34.9. The van der Waals surface area contributed by atoms with Crippen LogP contribution in [0.15, 0.2) is 35.1 Å². The number of hydrogen-bond acceptors (Lipinski definition) is 4. The summed E-state index contributed by atoms with van der Waals surface area (Å²) in [5.74, 6) is -0.137. The van der Waals surface area contributed by atoms with Crippen molar-refractivity contribution in [2.45, 2.75) is 46.1 Å². The number of ketones is 1. The van der Waals surface area contributed by atoms with Crippen molar-refractivity contribution in [3.8, 4) is 0 Å². The number of aryl methyl sites for hydroxylation is 3. The zero-order chi connectivity index (χ0) is 20.5. The van der Waals surface area contributed by atoms with Crippen molar-refractivity contribution in [1.82, 2.24) is 0 Å². The van der Waals surface area contributed by atoms with E-state index in [0.717, 1.165) is 33.1 Å². The Labute approximate surface area is 174 Å². The molecule has 0 radical (unpaired) electrons. The largest absolute Gasteiger partial charge is 0.748 e. The highest BCUT2D eigenvalue weighted by atomic mass is 79.9. The summed E-state index contributed by atoms with van der Waals surface area (Å²) in [6.07, 6.45) is 6.31. The molecule has 0 aliphatic heterocycles. The molecule has 1 aliphatic carbocycles. The lowest BCUT2D eigenvalue weighted by molar-refractivity contribution is -0.697. The van der Waals surface area contributed by atoms with E-state index in [2.05, 4.69) is 28.9 Å². The fourth-order valence-electron chi connectivity index (χ4n) is 3.70. The van der Waals surface area contributed by atoms with Crippen LogP contribution in [0.2, 0.25) is 0 Å². The molecule has 1 heterocycles. The van der Waals surface area contributed by atoms with Crippen molar-refractivity contribution in [3.05, 3.63) is 62.9 Å². The summed E-state index contributed by atoms with van der Waals surface area (Å²) >= 11 is 3.60. The van der Waals surface area contributed by atoms with Crippen LogP contribution in [0, 0.1) is 19.8 Å². The van der Waals surface area contributed by atoms with Crippen molar-refractivity contribution >= 4 is 31.8 Å². The highest BCUT2D eigenvalue weighted by Gasteiger charge is 2.31. The van der Waals surface area contributed by atoms with Gasteiger partial charge in [-0.05, 0) is 77.4 Å². The first-order chi connectivity index (χ1) is 13.1. The SMILES string of the molecule is Cc1cc2c(cc1C)C(=O)C(Cc1cc[n+](CCCCS(=O)(=O)[O-])cc1Br)C2. The summed E-state index contributed by atoms with van der Waals surface area (Å²) in [6.45, 7) is 4.75. The molecule has 1 aromatic carbocycles. The van der Waals surface area contributed by atoms with Crippen LogP contribution in [-0.4, -0.2) is 24.5 Å². The Morgan fingerprint density at radius 3 is 2.61 bits per heavy atom. The van der Waals surface area contributed by atoms with Crippen molar-refractivity contribution < 1.29 is 22.3 Å². The summed E-state index contributed by atoms with van der Waals surface area (Å²) in [7, 11) is -4.14. The van der Waals surface area contributed by atoms with Crippen molar-refractivity contribution in [1.29, 1.82) is 0 Å². The van der Waals surface area contributed by atoms with Gasteiger partial charge < -0.3 is 4.55 Å². The molecule has 0 spiro atoms. The lowest BCUT2D eigenvalue weighted by Crippen LogP contribution is -2.33. The van der Waals surface area contributed by atoms with E-state index in [1.54, 1.807) is 0 Å². The fraction of sp³-hybridized carbons (Fsp3) is 0.429. The second-order valence-electron chi connectivity index (χ2n) is 7.59. The van der Waals surface area contributed by atoms with E-state index in [0.29, 0.717) is 25.8 Å². The van der Waals surface area contributed by atoms with Gasteiger partial charge in [0.2, 0.25) is 0 Å². The Morgan fingerprint density at radius 1 is 1.21 bits per heavy atom. The molecule has 28 heavy (non-hydrogen) atoms. The lowest BCUT2D eigenvalue weighted by Gasteiger charge is -2.09. The third kappa shape index (κ3) is 5.07. The first kappa shape index (κ1) is 21.1. The Kier molecular flexibility index (Phi) is 6.37. The number of fused-ring (bicyclic) bond motifs is 1. The Hall–Kier alpha value is -1.57. The number of carbonyl (C=O) groups excluding carboxylic acids is 1. The zero-order valence-electron chi connectivity index (χ0n) is 16.1. The predicted molar refractivity (Wildman–Crippen MR) is 109 cm³/mol. The minimum atomic E-state index is -4.14. The number of halogens is 1. The number of carbonyl (C=O) groups is 1. The number of pyridine rings is 1. The van der Waals surface area contributed by atoms with Crippen LogP contribution >= 0.6 is 15.9 Å². The minimum absolute atomic E-state index is 0.0365. The van der Waals surface area contributed by atoms with E-state index in [9.17, 15) is 17.8 Å². The molecule has 1 atom stereocenters. The van der Waals surface area contributed by atoms with Crippen molar-refractivity contribution in [2.24, 2.45) is 5.92 Å². The van der Waals surface area contributed by atoms with E-state index in [4.69, 9.17) is 0 Å². The second kappa shape index (κ2) is 8.43. The molecule has 1 unspecified atom stereocenters. The Balaban J connectivity index is 1.63. The first-order valence-corrected chi connectivity index (χ1v) is 11.8. The molecule has 2 aromatic rings. The van der Waals surface area contributed by atoms with Gasteiger partial charge in [-0.15, -0.1) is 0 Å². The molecule has 150 valence electrons. The quantitative estimate of drug-likeness (QED) is 0.357. The molecular formula is C21H24BrNO4S. The van der Waals surface area contributed by atoms with Gasteiger partial charge in [0.15, 0.2) is 18.2 Å². The van der Waals surface area contributed by atoms with Crippen LogP contribution in [0.25, 0.3) is 0 Å². The molecular weight excluding hydrogens is 442 g/mol. The smallest absolute Gasteiger partial charge is 0.183 e. The summed E-state index contributed by atoms with van der Waals surface area (Å²) in [5, 5.41) is 0. The molecule has 0 saturated heterocycles. The summed E-state index contributed by atoms with van der Waals surface area (Å²) in [4.78, 5) is 12.8. The topological polar surface area (TPSA) is 78.1 Å². The third-order valence-electron chi connectivity index (χ3n) is 5.40. The molecule has 0 N–H and O–H groups in total. The number of hydrogen-bond donors (Lipinski definition) is 0. The van der Waals surface area contributed by atoms with Gasteiger partial charge in [0.1, 0.15) is 6.54 Å². The average Bonchev–Trinajstić information content (AvgIpc) is 2.89. The lowest BCUT2D eigenvalue weighted by atomic mass is 9.96. The molecule has 7 heteroatoms. The van der Waals surface area contributed by atoms with Crippen LogP contribution < -0.4 is 4.57 Å².